The highest BCUT2D eigenvalue weighted by molar-refractivity contribution is 6.01. The number of H-pyrrole nitrogens is 1. The molecule has 0 unspecified atom stereocenters. The molecule has 2 N–H and O–H groups in total. The highest BCUT2D eigenvalue weighted by Gasteiger charge is 2.25. The zero-order valence-corrected chi connectivity index (χ0v) is 19.5. The van der Waals surface area contributed by atoms with Gasteiger partial charge in [0.25, 0.3) is 0 Å². The van der Waals surface area contributed by atoms with E-state index >= 15 is 0 Å². The first-order valence-electron chi connectivity index (χ1n) is 11.8. The number of amides is 1. The van der Waals surface area contributed by atoms with Gasteiger partial charge in [-0.1, -0.05) is 48.5 Å². The lowest BCUT2D eigenvalue weighted by molar-refractivity contribution is -0.116. The molecule has 0 fully saturated rings. The summed E-state index contributed by atoms with van der Waals surface area (Å²) in [6, 6.07) is 24.1. The van der Waals surface area contributed by atoms with E-state index in [0.717, 1.165) is 23.2 Å². The SMILES string of the molecule is CC(=O)N1CCc2cc(C(=O)[C@@H](C)NC[C@@H](c3ccccc3)c3c[nH]c4ccccc34)ccc21. The van der Waals surface area contributed by atoms with Crippen LogP contribution in [0.25, 0.3) is 10.9 Å². The number of hydrogen-bond acceptors (Lipinski definition) is 3. The van der Waals surface area contributed by atoms with Crippen LogP contribution in [0.3, 0.4) is 0 Å². The number of aromatic nitrogens is 1. The second-order valence-electron chi connectivity index (χ2n) is 9.01. The first-order valence-corrected chi connectivity index (χ1v) is 11.8. The van der Waals surface area contributed by atoms with Crippen LogP contribution in [0.1, 0.15) is 46.8 Å². The Bertz CT molecular complexity index is 1340. The van der Waals surface area contributed by atoms with Gasteiger partial charge < -0.3 is 15.2 Å². The summed E-state index contributed by atoms with van der Waals surface area (Å²) in [5.74, 6) is 0.212. The zero-order valence-electron chi connectivity index (χ0n) is 19.5. The van der Waals surface area contributed by atoms with Crippen LogP contribution in [-0.2, 0) is 11.2 Å². The smallest absolute Gasteiger partial charge is 0.223 e. The Labute approximate surface area is 199 Å². The minimum atomic E-state index is -0.334. The standard InChI is InChI=1S/C29H29N3O2/c1-19(29(34)23-12-13-28-22(16-23)14-15-32(28)20(2)33)30-17-25(21-8-4-3-5-9-21)26-18-31-27-11-7-6-10-24(26)27/h3-13,16,18-19,25,30-31H,14-15,17H2,1-2H3/t19-,25+/m1/s1. The molecule has 5 rings (SSSR count). The first kappa shape index (κ1) is 22.1. The van der Waals surface area contributed by atoms with E-state index in [1.54, 1.807) is 11.8 Å². The highest BCUT2D eigenvalue weighted by atomic mass is 16.2. The fraction of sp³-hybridized carbons (Fsp3) is 0.241. The molecule has 1 aliphatic rings. The second-order valence-corrected chi connectivity index (χ2v) is 9.01. The van der Waals surface area contributed by atoms with Crippen molar-refractivity contribution in [3.05, 3.63) is 101 Å². The number of aromatic amines is 1. The Morgan fingerprint density at radius 1 is 1.03 bits per heavy atom. The lowest BCUT2D eigenvalue weighted by Gasteiger charge is -2.21. The van der Waals surface area contributed by atoms with Crippen LogP contribution < -0.4 is 10.2 Å². The molecule has 1 aliphatic heterocycles. The molecule has 3 aromatic carbocycles. The Morgan fingerprint density at radius 2 is 1.79 bits per heavy atom. The van der Waals surface area contributed by atoms with Gasteiger partial charge in [-0.05, 0) is 54.3 Å². The molecular formula is C29H29N3O2. The molecule has 2 heterocycles. The molecule has 0 saturated heterocycles. The molecule has 0 aliphatic carbocycles. The van der Waals surface area contributed by atoms with Crippen molar-refractivity contribution >= 4 is 28.3 Å². The van der Waals surface area contributed by atoms with Gasteiger partial charge in [-0.3, -0.25) is 9.59 Å². The van der Waals surface area contributed by atoms with Crippen molar-refractivity contribution < 1.29 is 9.59 Å². The van der Waals surface area contributed by atoms with Crippen molar-refractivity contribution in [2.75, 3.05) is 18.0 Å². The van der Waals surface area contributed by atoms with E-state index in [0.29, 0.717) is 18.7 Å². The number of ketones is 1. The third-order valence-corrected chi connectivity index (χ3v) is 6.86. The molecule has 1 amide bonds. The quantitative estimate of drug-likeness (QED) is 0.386. The molecule has 2 atom stereocenters. The highest BCUT2D eigenvalue weighted by Crippen LogP contribution is 2.31. The maximum absolute atomic E-state index is 13.3. The van der Waals surface area contributed by atoms with Crippen LogP contribution in [0.2, 0.25) is 0 Å². The largest absolute Gasteiger partial charge is 0.361 e. The molecule has 4 aromatic rings. The number of fused-ring (bicyclic) bond motifs is 2. The van der Waals surface area contributed by atoms with E-state index < -0.39 is 0 Å². The third-order valence-electron chi connectivity index (χ3n) is 6.86. The number of carbonyl (C=O) groups is 2. The number of carbonyl (C=O) groups excluding carboxylic acids is 2. The van der Waals surface area contributed by atoms with E-state index in [1.807, 2.05) is 37.3 Å². The van der Waals surface area contributed by atoms with Gasteiger partial charge in [0.1, 0.15) is 0 Å². The van der Waals surface area contributed by atoms with Crippen molar-refractivity contribution in [3.63, 3.8) is 0 Å². The van der Waals surface area contributed by atoms with Crippen LogP contribution >= 0.6 is 0 Å². The van der Waals surface area contributed by atoms with E-state index in [4.69, 9.17) is 0 Å². The molecule has 5 nitrogen and oxygen atoms in total. The molecular weight excluding hydrogens is 422 g/mol. The summed E-state index contributed by atoms with van der Waals surface area (Å²) in [5.41, 5.74) is 6.22. The summed E-state index contributed by atoms with van der Waals surface area (Å²) in [4.78, 5) is 30.2. The number of Topliss-reactive ketones (excluding diaryl/α,β-unsaturated/α-hetero) is 1. The summed E-state index contributed by atoms with van der Waals surface area (Å²) in [7, 11) is 0. The van der Waals surface area contributed by atoms with Crippen molar-refractivity contribution in [2.45, 2.75) is 32.2 Å². The molecule has 0 saturated carbocycles. The van der Waals surface area contributed by atoms with Gasteiger partial charge in [0, 0.05) is 54.3 Å². The average molecular weight is 452 g/mol. The number of nitrogens with one attached hydrogen (secondary N) is 2. The Kier molecular flexibility index (Phi) is 6.03. The number of para-hydroxylation sites is 1. The van der Waals surface area contributed by atoms with E-state index in [1.165, 1.54) is 16.5 Å². The summed E-state index contributed by atoms with van der Waals surface area (Å²) in [6.45, 7) is 4.83. The van der Waals surface area contributed by atoms with Gasteiger partial charge in [0.05, 0.1) is 6.04 Å². The normalized spacial score (nSPS) is 14.7. The summed E-state index contributed by atoms with van der Waals surface area (Å²) < 4.78 is 0. The monoisotopic (exact) mass is 451 g/mol. The number of nitrogens with zero attached hydrogens (tertiary/aromatic N) is 1. The molecule has 0 spiro atoms. The predicted octanol–water partition coefficient (Wildman–Crippen LogP) is 5.07. The fourth-order valence-electron chi connectivity index (χ4n) is 4.99. The number of hydrogen-bond donors (Lipinski definition) is 2. The average Bonchev–Trinajstić information content (AvgIpc) is 3.48. The van der Waals surface area contributed by atoms with Gasteiger partial charge >= 0.3 is 0 Å². The molecule has 5 heteroatoms. The second kappa shape index (κ2) is 9.27. The zero-order chi connectivity index (χ0) is 23.7. The minimum Gasteiger partial charge on any atom is -0.361 e. The van der Waals surface area contributed by atoms with Gasteiger partial charge in [0.2, 0.25) is 5.91 Å². The van der Waals surface area contributed by atoms with Crippen LogP contribution in [-0.4, -0.2) is 35.8 Å². The molecule has 34 heavy (non-hydrogen) atoms. The number of anilines is 1. The van der Waals surface area contributed by atoms with Crippen molar-refractivity contribution in [1.29, 1.82) is 0 Å². The van der Waals surface area contributed by atoms with Crippen LogP contribution in [0, 0.1) is 0 Å². The van der Waals surface area contributed by atoms with Crippen molar-refractivity contribution in [2.24, 2.45) is 0 Å². The van der Waals surface area contributed by atoms with Crippen LogP contribution in [0.5, 0.6) is 0 Å². The topological polar surface area (TPSA) is 65.2 Å². The lowest BCUT2D eigenvalue weighted by Crippen LogP contribution is -2.37. The Hall–Kier alpha value is -3.70. The van der Waals surface area contributed by atoms with Crippen molar-refractivity contribution in [1.82, 2.24) is 10.3 Å². The van der Waals surface area contributed by atoms with Crippen LogP contribution in [0.4, 0.5) is 5.69 Å². The van der Waals surface area contributed by atoms with Gasteiger partial charge in [0.15, 0.2) is 5.78 Å². The Morgan fingerprint density at radius 3 is 2.59 bits per heavy atom. The molecule has 1 aromatic heterocycles. The van der Waals surface area contributed by atoms with Crippen molar-refractivity contribution in [3.8, 4) is 0 Å². The van der Waals surface area contributed by atoms with E-state index in [9.17, 15) is 9.59 Å². The maximum atomic E-state index is 13.3. The first-order chi connectivity index (χ1) is 16.5. The third kappa shape index (κ3) is 4.15. The fourth-order valence-corrected chi connectivity index (χ4v) is 4.99. The predicted molar refractivity (Wildman–Crippen MR) is 137 cm³/mol. The number of rotatable bonds is 7. The van der Waals surface area contributed by atoms with E-state index in [-0.39, 0.29) is 23.7 Å². The molecule has 172 valence electrons. The Balaban J connectivity index is 1.36. The van der Waals surface area contributed by atoms with Crippen LogP contribution in [0.15, 0.2) is 79.0 Å². The number of benzene rings is 3. The summed E-state index contributed by atoms with van der Waals surface area (Å²) in [6.07, 6.45) is 2.87. The lowest BCUT2D eigenvalue weighted by atomic mass is 9.90. The minimum absolute atomic E-state index is 0.0390. The van der Waals surface area contributed by atoms with E-state index in [2.05, 4.69) is 59.0 Å². The van der Waals surface area contributed by atoms with Gasteiger partial charge in [-0.15, -0.1) is 0 Å². The summed E-state index contributed by atoms with van der Waals surface area (Å²) in [5, 5.41) is 4.70. The van der Waals surface area contributed by atoms with Gasteiger partial charge in [-0.2, -0.15) is 0 Å². The molecule has 0 radical (unpaired) electrons. The van der Waals surface area contributed by atoms with Gasteiger partial charge in [-0.25, -0.2) is 0 Å². The molecule has 0 bridgehead atoms. The summed E-state index contributed by atoms with van der Waals surface area (Å²) >= 11 is 0. The maximum Gasteiger partial charge on any atom is 0.223 e.